The highest BCUT2D eigenvalue weighted by atomic mass is 35.5. The molecule has 3 N–H and O–H groups in total. The van der Waals surface area contributed by atoms with Gasteiger partial charge >= 0.3 is 0 Å². The van der Waals surface area contributed by atoms with E-state index in [4.69, 9.17) is 21.8 Å². The van der Waals surface area contributed by atoms with Crippen LogP contribution in [0.2, 0.25) is 5.28 Å². The highest BCUT2D eigenvalue weighted by Gasteiger charge is 2.32. The summed E-state index contributed by atoms with van der Waals surface area (Å²) in [4.78, 5) is 4.32. The fourth-order valence-corrected chi connectivity index (χ4v) is 3.34. The van der Waals surface area contributed by atoms with Gasteiger partial charge in [0, 0.05) is 17.7 Å². The Morgan fingerprint density at radius 1 is 1.50 bits per heavy atom. The van der Waals surface area contributed by atoms with Crippen LogP contribution in [-0.2, 0) is 13.0 Å². The number of hydrogen-bond acceptors (Lipinski definition) is 5. The summed E-state index contributed by atoms with van der Waals surface area (Å²) in [6.07, 6.45) is 3.20. The summed E-state index contributed by atoms with van der Waals surface area (Å²) in [7, 11) is 0. The van der Waals surface area contributed by atoms with Gasteiger partial charge in [0.25, 0.3) is 0 Å². The van der Waals surface area contributed by atoms with Crippen LogP contribution in [0, 0.1) is 0 Å². The van der Waals surface area contributed by atoms with Crippen LogP contribution in [0.15, 0.2) is 28.9 Å². The Labute approximate surface area is 155 Å². The molecule has 0 unspecified atom stereocenters. The van der Waals surface area contributed by atoms with Crippen LogP contribution in [0.5, 0.6) is 0 Å². The second-order valence-corrected chi connectivity index (χ2v) is 7.17. The van der Waals surface area contributed by atoms with Gasteiger partial charge in [0.2, 0.25) is 5.28 Å². The fraction of sp³-hybridized carbons (Fsp3) is 0.444. The maximum atomic E-state index is 13.6. The van der Waals surface area contributed by atoms with Gasteiger partial charge in [0.1, 0.15) is 17.4 Å². The standard InChI is InChI=1S/C18H21ClFN5O/c1-10(20)14(21)7-12-8-15-17(22-9-13-3-2-6-26-13)23-18(19)24-25(15)16(12)11-4-5-11/h2-3,6,8,10-11,14H,4-5,7,9,21H2,1H3,(H,22,23,24)/t10-,14+/m0/s1. The van der Waals surface area contributed by atoms with Gasteiger partial charge in [-0.15, -0.1) is 5.10 Å². The van der Waals surface area contributed by atoms with Gasteiger partial charge < -0.3 is 15.5 Å². The van der Waals surface area contributed by atoms with Crippen molar-refractivity contribution in [2.45, 2.75) is 50.9 Å². The van der Waals surface area contributed by atoms with E-state index in [1.807, 2.05) is 22.7 Å². The molecular weight excluding hydrogens is 357 g/mol. The normalized spacial score (nSPS) is 16.8. The third-order valence-corrected chi connectivity index (χ3v) is 4.91. The molecule has 0 spiro atoms. The minimum Gasteiger partial charge on any atom is -0.467 e. The summed E-state index contributed by atoms with van der Waals surface area (Å²) in [6.45, 7) is 1.97. The summed E-state index contributed by atoms with van der Waals surface area (Å²) < 4.78 is 20.8. The zero-order chi connectivity index (χ0) is 18.3. The average Bonchev–Trinajstić information content (AvgIpc) is 3.16. The maximum absolute atomic E-state index is 13.6. The predicted molar refractivity (Wildman–Crippen MR) is 98.3 cm³/mol. The number of anilines is 1. The van der Waals surface area contributed by atoms with Crippen molar-refractivity contribution in [1.29, 1.82) is 0 Å². The van der Waals surface area contributed by atoms with Crippen molar-refractivity contribution in [3.63, 3.8) is 0 Å². The number of hydrogen-bond donors (Lipinski definition) is 2. The number of halogens is 2. The molecule has 3 aromatic heterocycles. The molecule has 1 fully saturated rings. The van der Waals surface area contributed by atoms with Crippen molar-refractivity contribution in [3.8, 4) is 0 Å². The van der Waals surface area contributed by atoms with E-state index in [9.17, 15) is 4.39 Å². The lowest BCUT2D eigenvalue weighted by Gasteiger charge is -2.13. The van der Waals surface area contributed by atoms with Gasteiger partial charge in [0.15, 0.2) is 5.82 Å². The largest absolute Gasteiger partial charge is 0.467 e. The van der Waals surface area contributed by atoms with Gasteiger partial charge in [-0.1, -0.05) is 0 Å². The molecule has 0 saturated heterocycles. The van der Waals surface area contributed by atoms with E-state index < -0.39 is 12.2 Å². The topological polar surface area (TPSA) is 81.4 Å². The summed E-state index contributed by atoms with van der Waals surface area (Å²) in [6, 6.07) is 5.16. The van der Waals surface area contributed by atoms with E-state index in [0.29, 0.717) is 24.7 Å². The van der Waals surface area contributed by atoms with Crippen LogP contribution < -0.4 is 11.1 Å². The van der Waals surface area contributed by atoms with Crippen molar-refractivity contribution in [2.75, 3.05) is 5.32 Å². The number of rotatable bonds is 7. The van der Waals surface area contributed by atoms with Crippen molar-refractivity contribution in [2.24, 2.45) is 5.73 Å². The quantitative estimate of drug-likeness (QED) is 0.656. The van der Waals surface area contributed by atoms with Crippen molar-refractivity contribution < 1.29 is 8.81 Å². The highest BCUT2D eigenvalue weighted by molar-refractivity contribution is 6.28. The zero-order valence-electron chi connectivity index (χ0n) is 14.5. The SMILES string of the molecule is C[C@H](F)[C@H](N)Cc1cc2c(NCc3ccco3)nc(Cl)nn2c1C1CC1. The summed E-state index contributed by atoms with van der Waals surface area (Å²) >= 11 is 6.16. The Hall–Kier alpha value is -2.12. The molecule has 4 rings (SSSR count). The average molecular weight is 378 g/mol. The first-order valence-electron chi connectivity index (χ1n) is 8.77. The van der Waals surface area contributed by atoms with E-state index in [1.54, 1.807) is 6.26 Å². The number of nitrogens with two attached hydrogens (primary N) is 1. The number of aromatic nitrogens is 3. The van der Waals surface area contributed by atoms with Crippen LogP contribution in [0.1, 0.15) is 42.7 Å². The molecule has 2 atom stereocenters. The first-order chi connectivity index (χ1) is 12.5. The van der Waals surface area contributed by atoms with Crippen LogP contribution in [0.4, 0.5) is 10.2 Å². The number of alkyl halides is 1. The minimum absolute atomic E-state index is 0.159. The molecule has 1 aliphatic rings. The minimum atomic E-state index is -1.07. The number of furan rings is 1. The Bertz CT molecular complexity index is 904. The molecule has 6 nitrogen and oxygen atoms in total. The molecule has 0 radical (unpaired) electrons. The molecule has 8 heteroatoms. The Balaban J connectivity index is 1.73. The lowest BCUT2D eigenvalue weighted by Crippen LogP contribution is -2.31. The Morgan fingerprint density at radius 3 is 2.96 bits per heavy atom. The second-order valence-electron chi connectivity index (χ2n) is 6.83. The smallest absolute Gasteiger partial charge is 0.243 e. The number of nitrogens with one attached hydrogen (secondary N) is 1. The van der Waals surface area contributed by atoms with Crippen LogP contribution in [0.25, 0.3) is 5.52 Å². The van der Waals surface area contributed by atoms with Crippen LogP contribution in [0.3, 0.4) is 0 Å². The zero-order valence-corrected chi connectivity index (χ0v) is 15.2. The van der Waals surface area contributed by atoms with Crippen molar-refractivity contribution >= 4 is 22.9 Å². The van der Waals surface area contributed by atoms with E-state index in [2.05, 4.69) is 15.4 Å². The van der Waals surface area contributed by atoms with E-state index in [-0.39, 0.29) is 5.28 Å². The summed E-state index contributed by atoms with van der Waals surface area (Å²) in [5.41, 5.74) is 8.88. The molecule has 0 amide bonds. The van der Waals surface area contributed by atoms with Gasteiger partial charge in [-0.2, -0.15) is 4.98 Å². The highest BCUT2D eigenvalue weighted by Crippen LogP contribution is 2.43. The Morgan fingerprint density at radius 2 is 2.31 bits per heavy atom. The van der Waals surface area contributed by atoms with Gasteiger partial charge in [0.05, 0.1) is 12.8 Å². The van der Waals surface area contributed by atoms with E-state index in [1.165, 1.54) is 6.92 Å². The summed E-state index contributed by atoms with van der Waals surface area (Å²) in [5.74, 6) is 1.83. The molecule has 0 bridgehead atoms. The van der Waals surface area contributed by atoms with Gasteiger partial charge in [-0.05, 0) is 61.5 Å². The predicted octanol–water partition coefficient (Wildman–Crippen LogP) is 3.69. The molecule has 1 aliphatic carbocycles. The van der Waals surface area contributed by atoms with Crippen molar-refractivity contribution in [3.05, 3.63) is 46.8 Å². The molecular formula is C18H21ClFN5O. The maximum Gasteiger partial charge on any atom is 0.243 e. The van der Waals surface area contributed by atoms with Gasteiger partial charge in [-0.25, -0.2) is 8.91 Å². The third-order valence-electron chi connectivity index (χ3n) is 4.75. The van der Waals surface area contributed by atoms with Crippen LogP contribution >= 0.6 is 11.6 Å². The third kappa shape index (κ3) is 3.41. The second kappa shape index (κ2) is 6.89. The molecule has 1 saturated carbocycles. The number of fused-ring (bicyclic) bond motifs is 1. The molecule has 3 heterocycles. The monoisotopic (exact) mass is 377 g/mol. The fourth-order valence-electron chi connectivity index (χ4n) is 3.18. The molecule has 3 aromatic rings. The molecule has 138 valence electrons. The van der Waals surface area contributed by atoms with E-state index >= 15 is 0 Å². The van der Waals surface area contributed by atoms with E-state index in [0.717, 1.165) is 35.4 Å². The first kappa shape index (κ1) is 17.3. The Kier molecular flexibility index (Phi) is 4.58. The van der Waals surface area contributed by atoms with Crippen molar-refractivity contribution in [1.82, 2.24) is 14.6 Å². The molecule has 0 aromatic carbocycles. The lowest BCUT2D eigenvalue weighted by atomic mass is 10.0. The lowest BCUT2D eigenvalue weighted by molar-refractivity contribution is 0.304. The summed E-state index contributed by atoms with van der Waals surface area (Å²) in [5, 5.41) is 7.80. The van der Waals surface area contributed by atoms with Gasteiger partial charge in [-0.3, -0.25) is 0 Å². The number of nitrogens with zero attached hydrogens (tertiary/aromatic N) is 3. The molecule has 26 heavy (non-hydrogen) atoms. The molecule has 0 aliphatic heterocycles. The first-order valence-corrected chi connectivity index (χ1v) is 9.14. The van der Waals surface area contributed by atoms with Crippen LogP contribution in [-0.4, -0.2) is 26.8 Å².